The third-order valence-corrected chi connectivity index (χ3v) is 2.49. The Kier molecular flexibility index (Phi) is 6.34. The van der Waals surface area contributed by atoms with Crippen LogP contribution >= 0.6 is 11.8 Å². The van der Waals surface area contributed by atoms with Crippen molar-refractivity contribution in [3.63, 3.8) is 0 Å². The summed E-state index contributed by atoms with van der Waals surface area (Å²) in [5, 5.41) is 0.0580. The van der Waals surface area contributed by atoms with E-state index >= 15 is 0 Å². The largest absolute Gasteiger partial charge is 0.468 e. The third kappa shape index (κ3) is 6.41. The molecule has 0 heterocycles. The van der Waals surface area contributed by atoms with Crippen molar-refractivity contribution in [1.82, 2.24) is 5.43 Å². The van der Waals surface area contributed by atoms with E-state index in [4.69, 9.17) is 5.84 Å². The van der Waals surface area contributed by atoms with Crippen LogP contribution in [0.5, 0.6) is 0 Å². The van der Waals surface area contributed by atoms with E-state index in [0.29, 0.717) is 6.42 Å². The second kappa shape index (κ2) is 6.73. The second-order valence-corrected chi connectivity index (χ2v) is 3.90. The Hall–Kier alpha value is -0.750. The molecule has 13 heavy (non-hydrogen) atoms. The van der Waals surface area contributed by atoms with Gasteiger partial charge in [0, 0.05) is 11.7 Å². The van der Waals surface area contributed by atoms with Crippen molar-refractivity contribution in [3.8, 4) is 0 Å². The maximum absolute atomic E-state index is 10.8. The zero-order chi connectivity index (χ0) is 10.3. The van der Waals surface area contributed by atoms with Crippen LogP contribution in [0.25, 0.3) is 0 Å². The normalized spacial score (nSPS) is 11.9. The van der Waals surface area contributed by atoms with Gasteiger partial charge in [-0.1, -0.05) is 6.92 Å². The standard InChI is InChI=1S/C7H14N2O3S/c1-5(3-6(10)9-8)13-4-7(11)12-2/h5H,3-4,8H2,1-2H3,(H,9,10). The van der Waals surface area contributed by atoms with Gasteiger partial charge in [0.2, 0.25) is 5.91 Å². The van der Waals surface area contributed by atoms with Crippen LogP contribution in [0.3, 0.4) is 0 Å². The highest BCUT2D eigenvalue weighted by Crippen LogP contribution is 2.13. The summed E-state index contributed by atoms with van der Waals surface area (Å²) in [6, 6.07) is 0. The van der Waals surface area contributed by atoms with Gasteiger partial charge >= 0.3 is 5.97 Å². The maximum Gasteiger partial charge on any atom is 0.315 e. The van der Waals surface area contributed by atoms with Gasteiger partial charge in [0.1, 0.15) is 0 Å². The number of hydrazine groups is 1. The smallest absolute Gasteiger partial charge is 0.315 e. The van der Waals surface area contributed by atoms with Crippen molar-refractivity contribution in [2.24, 2.45) is 5.84 Å². The van der Waals surface area contributed by atoms with Crippen LogP contribution in [0.2, 0.25) is 0 Å². The minimum Gasteiger partial charge on any atom is -0.468 e. The Morgan fingerprint density at radius 1 is 1.62 bits per heavy atom. The predicted molar refractivity (Wildman–Crippen MR) is 50.9 cm³/mol. The molecule has 1 amide bonds. The quantitative estimate of drug-likeness (QED) is 0.278. The molecule has 0 spiro atoms. The molecule has 0 radical (unpaired) electrons. The number of carbonyl (C=O) groups is 2. The van der Waals surface area contributed by atoms with Gasteiger partial charge in [-0.2, -0.15) is 0 Å². The molecule has 3 N–H and O–H groups in total. The Bertz CT molecular complexity index is 187. The van der Waals surface area contributed by atoms with Crippen LogP contribution in [0.1, 0.15) is 13.3 Å². The number of nitrogens with one attached hydrogen (secondary N) is 1. The molecule has 76 valence electrons. The highest BCUT2D eigenvalue weighted by atomic mass is 32.2. The first kappa shape index (κ1) is 12.2. The summed E-state index contributed by atoms with van der Waals surface area (Å²) in [6.45, 7) is 1.85. The van der Waals surface area contributed by atoms with Gasteiger partial charge in [-0.15, -0.1) is 11.8 Å². The van der Waals surface area contributed by atoms with Gasteiger partial charge in [0.05, 0.1) is 12.9 Å². The summed E-state index contributed by atoms with van der Waals surface area (Å²) in [7, 11) is 1.33. The van der Waals surface area contributed by atoms with Crippen LogP contribution in [-0.2, 0) is 14.3 Å². The van der Waals surface area contributed by atoms with Crippen LogP contribution in [0, 0.1) is 0 Å². The molecule has 1 atom stereocenters. The lowest BCUT2D eigenvalue weighted by Crippen LogP contribution is -2.31. The van der Waals surface area contributed by atoms with E-state index in [2.05, 4.69) is 4.74 Å². The SMILES string of the molecule is COC(=O)CSC(C)CC(=O)NN. The molecule has 0 aliphatic rings. The molecule has 0 bridgehead atoms. The fourth-order valence-corrected chi connectivity index (χ4v) is 1.46. The lowest BCUT2D eigenvalue weighted by atomic mass is 10.3. The fraction of sp³-hybridized carbons (Fsp3) is 0.714. The molecule has 0 aromatic rings. The molecule has 0 saturated carbocycles. The average Bonchev–Trinajstić information content (AvgIpc) is 2.13. The second-order valence-electron chi connectivity index (χ2n) is 2.47. The monoisotopic (exact) mass is 206 g/mol. The highest BCUT2D eigenvalue weighted by molar-refractivity contribution is 8.00. The molecule has 0 aromatic carbocycles. The van der Waals surface area contributed by atoms with Crippen LogP contribution < -0.4 is 11.3 Å². The molecule has 0 saturated heterocycles. The first-order valence-corrected chi connectivity index (χ1v) is 4.83. The lowest BCUT2D eigenvalue weighted by Gasteiger charge is -2.08. The van der Waals surface area contributed by atoms with Gasteiger partial charge in [-0.25, -0.2) is 5.84 Å². The van der Waals surface area contributed by atoms with Gasteiger partial charge in [0.15, 0.2) is 0 Å². The Labute approximate surface area is 81.3 Å². The van der Waals surface area contributed by atoms with Crippen molar-refractivity contribution < 1.29 is 14.3 Å². The molecule has 0 aromatic heterocycles. The number of thioether (sulfide) groups is 1. The molecule has 0 aliphatic heterocycles. The van der Waals surface area contributed by atoms with E-state index in [9.17, 15) is 9.59 Å². The molecular formula is C7H14N2O3S. The highest BCUT2D eigenvalue weighted by Gasteiger charge is 2.10. The Morgan fingerprint density at radius 3 is 2.69 bits per heavy atom. The minimum absolute atomic E-state index is 0.0580. The number of rotatable bonds is 5. The van der Waals surface area contributed by atoms with Crippen molar-refractivity contribution in [1.29, 1.82) is 0 Å². The number of ether oxygens (including phenoxy) is 1. The van der Waals surface area contributed by atoms with Crippen molar-refractivity contribution in [3.05, 3.63) is 0 Å². The molecular weight excluding hydrogens is 192 g/mol. The zero-order valence-electron chi connectivity index (χ0n) is 7.70. The van der Waals surface area contributed by atoms with Crippen LogP contribution in [-0.4, -0.2) is 30.0 Å². The molecule has 0 rings (SSSR count). The number of methoxy groups -OCH3 is 1. The number of esters is 1. The van der Waals surface area contributed by atoms with Gasteiger partial charge in [-0.05, 0) is 0 Å². The number of carbonyl (C=O) groups excluding carboxylic acids is 2. The fourth-order valence-electron chi connectivity index (χ4n) is 0.648. The number of nitrogens with two attached hydrogens (primary N) is 1. The van der Waals surface area contributed by atoms with E-state index in [1.807, 2.05) is 12.3 Å². The van der Waals surface area contributed by atoms with Crippen molar-refractivity contribution in [2.75, 3.05) is 12.9 Å². The van der Waals surface area contributed by atoms with Crippen LogP contribution in [0.4, 0.5) is 0 Å². The van der Waals surface area contributed by atoms with Crippen molar-refractivity contribution >= 4 is 23.6 Å². The summed E-state index contributed by atoms with van der Waals surface area (Å²) >= 11 is 1.36. The predicted octanol–water partition coefficient (Wildman–Crippen LogP) is -0.339. The molecule has 1 unspecified atom stereocenters. The van der Waals surface area contributed by atoms with E-state index < -0.39 is 0 Å². The zero-order valence-corrected chi connectivity index (χ0v) is 8.52. The first-order chi connectivity index (χ1) is 6.10. The number of amides is 1. The summed E-state index contributed by atoms with van der Waals surface area (Å²) in [5.74, 6) is 4.64. The summed E-state index contributed by atoms with van der Waals surface area (Å²) in [4.78, 5) is 21.5. The van der Waals surface area contributed by atoms with Crippen LogP contribution in [0.15, 0.2) is 0 Å². The summed E-state index contributed by atoms with van der Waals surface area (Å²) < 4.78 is 4.45. The van der Waals surface area contributed by atoms with E-state index in [-0.39, 0.29) is 22.9 Å². The summed E-state index contributed by atoms with van der Waals surface area (Å²) in [6.07, 6.45) is 0.304. The topological polar surface area (TPSA) is 81.4 Å². The third-order valence-electron chi connectivity index (χ3n) is 1.35. The average molecular weight is 206 g/mol. The maximum atomic E-state index is 10.8. The molecule has 5 nitrogen and oxygen atoms in total. The Balaban J connectivity index is 3.56. The first-order valence-electron chi connectivity index (χ1n) is 3.78. The molecule has 0 aliphatic carbocycles. The molecule has 0 fully saturated rings. The lowest BCUT2D eigenvalue weighted by molar-refractivity contribution is -0.137. The van der Waals surface area contributed by atoms with Gasteiger partial charge < -0.3 is 4.74 Å². The van der Waals surface area contributed by atoms with Gasteiger partial charge in [0.25, 0.3) is 0 Å². The van der Waals surface area contributed by atoms with Crippen molar-refractivity contribution in [2.45, 2.75) is 18.6 Å². The molecule has 6 heteroatoms. The minimum atomic E-state index is -0.287. The van der Waals surface area contributed by atoms with E-state index in [1.165, 1.54) is 18.9 Å². The van der Waals surface area contributed by atoms with E-state index in [0.717, 1.165) is 0 Å². The van der Waals surface area contributed by atoms with E-state index in [1.54, 1.807) is 0 Å². The van der Waals surface area contributed by atoms with Gasteiger partial charge in [-0.3, -0.25) is 15.0 Å². The number of hydrogen-bond donors (Lipinski definition) is 2. The summed E-state index contributed by atoms with van der Waals surface area (Å²) in [5.41, 5.74) is 2.03. The Morgan fingerprint density at radius 2 is 2.23 bits per heavy atom. The number of hydrogen-bond acceptors (Lipinski definition) is 5.